The number of carbonyl (C=O) groups is 1. The van der Waals surface area contributed by atoms with Crippen molar-refractivity contribution in [3.8, 4) is 0 Å². The molecule has 0 aliphatic heterocycles. The van der Waals surface area contributed by atoms with E-state index in [0.717, 1.165) is 33.4 Å². The van der Waals surface area contributed by atoms with Gasteiger partial charge in [-0.1, -0.05) is 77.9 Å². The van der Waals surface area contributed by atoms with Gasteiger partial charge in [0.05, 0.1) is 0 Å². The third-order valence-electron chi connectivity index (χ3n) is 4.84. The van der Waals surface area contributed by atoms with Crippen LogP contribution in [0.5, 0.6) is 0 Å². The Morgan fingerprint density at radius 3 is 1.42 bits per heavy atom. The van der Waals surface area contributed by atoms with Gasteiger partial charge in [-0.25, -0.2) is 0 Å². The lowest BCUT2D eigenvalue weighted by atomic mass is 9.83. The lowest BCUT2D eigenvalue weighted by Gasteiger charge is -2.21. The molecule has 0 unspecified atom stereocenters. The highest BCUT2D eigenvalue weighted by atomic mass is 16.1. The summed E-state index contributed by atoms with van der Waals surface area (Å²) in [6, 6.07) is 15.2. The minimum absolute atomic E-state index is 0.0950. The van der Waals surface area contributed by atoms with Crippen LogP contribution in [-0.4, -0.2) is 6.29 Å². The first-order chi connectivity index (χ1) is 11.1. The van der Waals surface area contributed by atoms with Crippen molar-refractivity contribution in [1.29, 1.82) is 0 Å². The van der Waals surface area contributed by atoms with Crippen LogP contribution >= 0.6 is 0 Å². The summed E-state index contributed by atoms with van der Waals surface area (Å²) in [5.41, 5.74) is 3.56. The molecule has 3 aromatic carbocycles. The van der Waals surface area contributed by atoms with Gasteiger partial charge in [0, 0.05) is 5.56 Å². The highest BCUT2D eigenvalue weighted by Crippen LogP contribution is 2.33. The van der Waals surface area contributed by atoms with E-state index in [4.69, 9.17) is 0 Å². The molecule has 0 aromatic heterocycles. The largest absolute Gasteiger partial charge is 0.298 e. The van der Waals surface area contributed by atoms with Crippen molar-refractivity contribution in [3.05, 3.63) is 59.2 Å². The Hall–Kier alpha value is -2.15. The molecule has 1 heteroatoms. The average molecular weight is 318 g/mol. The van der Waals surface area contributed by atoms with Gasteiger partial charge in [0.25, 0.3) is 0 Å². The quantitative estimate of drug-likeness (QED) is 0.375. The second-order valence-electron chi connectivity index (χ2n) is 8.78. The fraction of sp³-hybridized carbons (Fsp3) is 0.348. The molecule has 0 saturated heterocycles. The predicted molar refractivity (Wildman–Crippen MR) is 104 cm³/mol. The number of fused-ring (bicyclic) bond motifs is 2. The molecule has 0 amide bonds. The molecular weight excluding hydrogens is 292 g/mol. The van der Waals surface area contributed by atoms with E-state index in [1.54, 1.807) is 0 Å². The van der Waals surface area contributed by atoms with Crippen LogP contribution in [0, 0.1) is 0 Å². The zero-order chi connectivity index (χ0) is 17.7. The zero-order valence-corrected chi connectivity index (χ0v) is 15.5. The molecule has 0 N–H and O–H groups in total. The van der Waals surface area contributed by atoms with E-state index in [1.165, 1.54) is 11.1 Å². The molecule has 0 aliphatic rings. The molecule has 1 nitrogen and oxygen atoms in total. The first-order valence-electron chi connectivity index (χ1n) is 8.58. The monoisotopic (exact) mass is 318 g/mol. The summed E-state index contributed by atoms with van der Waals surface area (Å²) in [7, 11) is 0. The molecule has 0 heterocycles. The molecule has 0 bridgehead atoms. The average Bonchev–Trinajstić information content (AvgIpc) is 2.49. The van der Waals surface area contributed by atoms with E-state index in [1.807, 2.05) is 0 Å². The number of rotatable bonds is 1. The lowest BCUT2D eigenvalue weighted by molar-refractivity contribution is 0.112. The minimum Gasteiger partial charge on any atom is -0.298 e. The number of aldehydes is 1. The molecule has 24 heavy (non-hydrogen) atoms. The van der Waals surface area contributed by atoms with Crippen LogP contribution in [0.4, 0.5) is 0 Å². The minimum atomic E-state index is 0.0950. The molecule has 3 aromatic rings. The second kappa shape index (κ2) is 5.44. The van der Waals surface area contributed by atoms with E-state index >= 15 is 0 Å². The Labute approximate surface area is 144 Å². The van der Waals surface area contributed by atoms with E-state index in [9.17, 15) is 4.79 Å². The number of benzene rings is 3. The van der Waals surface area contributed by atoms with Gasteiger partial charge in [0.15, 0.2) is 6.29 Å². The Bertz CT molecular complexity index is 862. The van der Waals surface area contributed by atoms with Crippen LogP contribution in [0.1, 0.15) is 63.0 Å². The summed E-state index contributed by atoms with van der Waals surface area (Å²) in [4.78, 5) is 11.8. The smallest absolute Gasteiger partial charge is 0.151 e. The maximum atomic E-state index is 11.8. The Morgan fingerprint density at radius 2 is 1.08 bits per heavy atom. The maximum Gasteiger partial charge on any atom is 0.151 e. The van der Waals surface area contributed by atoms with Gasteiger partial charge in [-0.2, -0.15) is 0 Å². The molecule has 124 valence electrons. The van der Waals surface area contributed by atoms with Crippen LogP contribution in [-0.2, 0) is 10.8 Å². The van der Waals surface area contributed by atoms with Crippen LogP contribution in [0.15, 0.2) is 42.5 Å². The summed E-state index contributed by atoms with van der Waals surface area (Å²) in [5, 5.41) is 4.36. The zero-order valence-electron chi connectivity index (χ0n) is 15.5. The third kappa shape index (κ3) is 2.84. The van der Waals surface area contributed by atoms with E-state index in [-0.39, 0.29) is 10.8 Å². The summed E-state index contributed by atoms with van der Waals surface area (Å²) in [6.45, 7) is 13.3. The Morgan fingerprint density at radius 1 is 0.667 bits per heavy atom. The maximum absolute atomic E-state index is 11.8. The van der Waals surface area contributed by atoms with Crippen LogP contribution in [0.2, 0.25) is 0 Å². The Balaban J connectivity index is 2.37. The molecule has 0 spiro atoms. The van der Waals surface area contributed by atoms with Crippen LogP contribution < -0.4 is 0 Å². The molecule has 0 radical (unpaired) electrons. The first kappa shape index (κ1) is 16.7. The first-order valence-corrected chi connectivity index (χ1v) is 8.58. The summed E-state index contributed by atoms with van der Waals surface area (Å²) in [6.07, 6.45) is 0.998. The molecule has 3 rings (SSSR count). The van der Waals surface area contributed by atoms with Crippen molar-refractivity contribution in [2.24, 2.45) is 0 Å². The highest BCUT2D eigenvalue weighted by Gasteiger charge is 2.17. The topological polar surface area (TPSA) is 17.1 Å². The van der Waals surface area contributed by atoms with E-state index in [0.29, 0.717) is 0 Å². The number of hydrogen-bond donors (Lipinski definition) is 0. The van der Waals surface area contributed by atoms with Gasteiger partial charge in [-0.15, -0.1) is 0 Å². The van der Waals surface area contributed by atoms with Crippen LogP contribution in [0.3, 0.4) is 0 Å². The highest BCUT2D eigenvalue weighted by molar-refractivity contribution is 6.12. The summed E-state index contributed by atoms with van der Waals surface area (Å²) in [5.74, 6) is 0. The van der Waals surface area contributed by atoms with Crippen molar-refractivity contribution < 1.29 is 4.79 Å². The standard InChI is InChI=1S/C23H26O/c1-22(2,3)17-7-9-19-15(12-17)11-16-13-18(23(4,5)6)8-10-20(16)21(19)14-24/h7-14H,1-6H3. The van der Waals surface area contributed by atoms with Gasteiger partial charge in [-0.3, -0.25) is 4.79 Å². The molecule has 0 aliphatic carbocycles. The molecular formula is C23H26O. The van der Waals surface area contributed by atoms with E-state index in [2.05, 4.69) is 84.0 Å². The van der Waals surface area contributed by atoms with Gasteiger partial charge in [-0.05, 0) is 49.6 Å². The molecule has 0 atom stereocenters. The lowest BCUT2D eigenvalue weighted by Crippen LogP contribution is -2.11. The van der Waals surface area contributed by atoms with Crippen molar-refractivity contribution in [2.75, 3.05) is 0 Å². The molecule has 0 saturated carbocycles. The summed E-state index contributed by atoms with van der Waals surface area (Å²) < 4.78 is 0. The Kier molecular flexibility index (Phi) is 3.79. The molecule has 0 fully saturated rings. The number of carbonyl (C=O) groups excluding carboxylic acids is 1. The normalized spacial score (nSPS) is 12.8. The third-order valence-corrected chi connectivity index (χ3v) is 4.84. The number of hydrogen-bond acceptors (Lipinski definition) is 1. The SMILES string of the molecule is CC(C)(C)c1ccc2c(C=O)c3ccc(C(C)(C)C)cc3cc2c1. The fourth-order valence-electron chi connectivity index (χ4n) is 3.23. The predicted octanol–water partition coefficient (Wildman–Crippen LogP) is 6.40. The van der Waals surface area contributed by atoms with Crippen molar-refractivity contribution in [2.45, 2.75) is 52.4 Å². The second-order valence-corrected chi connectivity index (χ2v) is 8.78. The van der Waals surface area contributed by atoms with E-state index < -0.39 is 0 Å². The van der Waals surface area contributed by atoms with Crippen molar-refractivity contribution >= 4 is 27.8 Å². The van der Waals surface area contributed by atoms with Gasteiger partial charge < -0.3 is 0 Å². The van der Waals surface area contributed by atoms with Gasteiger partial charge >= 0.3 is 0 Å². The van der Waals surface area contributed by atoms with Gasteiger partial charge in [0.1, 0.15) is 0 Å². The van der Waals surface area contributed by atoms with Crippen molar-refractivity contribution in [3.63, 3.8) is 0 Å². The van der Waals surface area contributed by atoms with Crippen LogP contribution in [0.25, 0.3) is 21.5 Å². The summed E-state index contributed by atoms with van der Waals surface area (Å²) >= 11 is 0. The van der Waals surface area contributed by atoms with Crippen molar-refractivity contribution in [1.82, 2.24) is 0 Å². The fourth-order valence-corrected chi connectivity index (χ4v) is 3.23. The van der Waals surface area contributed by atoms with Gasteiger partial charge in [0.2, 0.25) is 0 Å².